The second-order valence-electron chi connectivity index (χ2n) is 6.67. The fourth-order valence-corrected chi connectivity index (χ4v) is 2.98. The largest absolute Gasteiger partial charge is 0.383 e. The van der Waals surface area contributed by atoms with Crippen molar-refractivity contribution in [3.8, 4) is 0 Å². The Balaban J connectivity index is 1.58. The third-order valence-corrected chi connectivity index (χ3v) is 4.63. The molecule has 1 aromatic heterocycles. The maximum atomic E-state index is 12.5. The highest BCUT2D eigenvalue weighted by molar-refractivity contribution is 6.04. The topological polar surface area (TPSA) is 69.7 Å². The number of rotatable bonds is 7. The van der Waals surface area contributed by atoms with Crippen LogP contribution in [0.2, 0.25) is 0 Å². The average molecular weight is 369 g/mol. The van der Waals surface area contributed by atoms with Gasteiger partial charge in [0.25, 0.3) is 5.91 Å². The van der Waals surface area contributed by atoms with Crippen LogP contribution in [-0.4, -0.2) is 69.3 Å². The lowest BCUT2D eigenvalue weighted by Gasteiger charge is -2.34. The maximum absolute atomic E-state index is 12.5. The third-order valence-electron chi connectivity index (χ3n) is 4.63. The Hall–Kier alpha value is -2.64. The normalized spacial score (nSPS) is 14.8. The van der Waals surface area contributed by atoms with Gasteiger partial charge in [0.2, 0.25) is 0 Å². The number of carbonyl (C=O) groups is 1. The van der Waals surface area contributed by atoms with Gasteiger partial charge in [-0.2, -0.15) is 0 Å². The molecule has 0 spiro atoms. The van der Waals surface area contributed by atoms with Crippen molar-refractivity contribution in [2.45, 2.75) is 0 Å². The smallest absolute Gasteiger partial charge is 0.257 e. The Kier molecular flexibility index (Phi) is 6.62. The molecule has 1 amide bonds. The number of ether oxygens (including phenoxy) is 1. The fourth-order valence-electron chi connectivity index (χ4n) is 2.98. The first-order chi connectivity index (χ1) is 13.2. The van der Waals surface area contributed by atoms with E-state index in [0.29, 0.717) is 18.7 Å². The molecule has 1 aromatic carbocycles. The molecule has 2 aromatic rings. The number of amides is 1. The number of anilines is 3. The van der Waals surface area contributed by atoms with E-state index in [-0.39, 0.29) is 5.91 Å². The monoisotopic (exact) mass is 369 g/mol. The van der Waals surface area contributed by atoms with E-state index in [9.17, 15) is 4.79 Å². The SMILES string of the molecule is COCCNc1cncc(C(=O)Nc2ccc(N3CCN(C)CC3)cc2)c1. The number of piperazine rings is 1. The molecule has 3 rings (SSSR count). The van der Waals surface area contributed by atoms with Crippen molar-refractivity contribution in [2.75, 3.05) is 69.0 Å². The van der Waals surface area contributed by atoms with Gasteiger partial charge in [-0.05, 0) is 37.4 Å². The van der Waals surface area contributed by atoms with Gasteiger partial charge in [0, 0.05) is 63.6 Å². The molecule has 7 heteroatoms. The number of carbonyl (C=O) groups excluding carboxylic acids is 1. The summed E-state index contributed by atoms with van der Waals surface area (Å²) in [6.45, 7) is 5.45. The van der Waals surface area contributed by atoms with Gasteiger partial charge in [0.05, 0.1) is 17.9 Å². The molecule has 7 nitrogen and oxygen atoms in total. The highest BCUT2D eigenvalue weighted by Gasteiger charge is 2.14. The molecule has 0 saturated carbocycles. The summed E-state index contributed by atoms with van der Waals surface area (Å²) in [5.41, 5.74) is 3.27. The number of nitrogens with one attached hydrogen (secondary N) is 2. The number of hydrogen-bond donors (Lipinski definition) is 2. The summed E-state index contributed by atoms with van der Waals surface area (Å²) in [7, 11) is 3.80. The standard InChI is InChI=1S/C20H27N5O2/c1-24-8-10-25(11-9-24)19-5-3-17(4-6-19)23-20(26)16-13-18(15-21-14-16)22-7-12-27-2/h3-6,13-15,22H,7-12H2,1-2H3,(H,23,26). The van der Waals surface area contributed by atoms with Crippen LogP contribution < -0.4 is 15.5 Å². The number of hydrogen-bond acceptors (Lipinski definition) is 6. The van der Waals surface area contributed by atoms with Crippen molar-refractivity contribution in [3.63, 3.8) is 0 Å². The van der Waals surface area contributed by atoms with Crippen molar-refractivity contribution < 1.29 is 9.53 Å². The second kappa shape index (κ2) is 9.34. The van der Waals surface area contributed by atoms with Gasteiger partial charge in [-0.3, -0.25) is 9.78 Å². The number of pyridine rings is 1. The zero-order chi connectivity index (χ0) is 19.1. The van der Waals surface area contributed by atoms with Crippen LogP contribution in [0.1, 0.15) is 10.4 Å². The van der Waals surface area contributed by atoms with E-state index in [2.05, 4.69) is 44.6 Å². The summed E-state index contributed by atoms with van der Waals surface area (Å²) in [6, 6.07) is 9.79. The Morgan fingerprint density at radius 3 is 2.56 bits per heavy atom. The molecule has 144 valence electrons. The van der Waals surface area contributed by atoms with Gasteiger partial charge in [-0.25, -0.2) is 0 Å². The van der Waals surface area contributed by atoms with E-state index in [4.69, 9.17) is 4.74 Å². The third kappa shape index (κ3) is 5.42. The molecule has 0 aliphatic carbocycles. The second-order valence-corrected chi connectivity index (χ2v) is 6.67. The summed E-state index contributed by atoms with van der Waals surface area (Å²) >= 11 is 0. The van der Waals surface area contributed by atoms with Crippen molar-refractivity contribution in [1.29, 1.82) is 0 Å². The van der Waals surface area contributed by atoms with E-state index in [1.807, 2.05) is 12.1 Å². The number of nitrogens with zero attached hydrogens (tertiary/aromatic N) is 3. The lowest BCUT2D eigenvalue weighted by Crippen LogP contribution is -2.44. The molecule has 2 heterocycles. The first-order valence-corrected chi connectivity index (χ1v) is 9.18. The highest BCUT2D eigenvalue weighted by atomic mass is 16.5. The van der Waals surface area contributed by atoms with E-state index in [1.54, 1.807) is 25.6 Å². The molecular weight excluding hydrogens is 342 g/mol. The van der Waals surface area contributed by atoms with Crippen molar-refractivity contribution in [2.24, 2.45) is 0 Å². The van der Waals surface area contributed by atoms with Gasteiger partial charge < -0.3 is 25.2 Å². The minimum Gasteiger partial charge on any atom is -0.383 e. The number of benzene rings is 1. The van der Waals surface area contributed by atoms with Gasteiger partial charge in [-0.1, -0.05) is 0 Å². The van der Waals surface area contributed by atoms with Crippen LogP contribution >= 0.6 is 0 Å². The molecule has 1 saturated heterocycles. The maximum Gasteiger partial charge on any atom is 0.257 e. The van der Waals surface area contributed by atoms with Gasteiger partial charge >= 0.3 is 0 Å². The predicted octanol–water partition coefficient (Wildman–Crippen LogP) is 2.14. The van der Waals surface area contributed by atoms with Crippen LogP contribution in [0.4, 0.5) is 17.1 Å². The Morgan fingerprint density at radius 1 is 1.11 bits per heavy atom. The lowest BCUT2D eigenvalue weighted by molar-refractivity contribution is 0.102. The van der Waals surface area contributed by atoms with Gasteiger partial charge in [0.1, 0.15) is 0 Å². The molecule has 0 bridgehead atoms. The van der Waals surface area contributed by atoms with E-state index in [0.717, 1.165) is 37.6 Å². The molecule has 0 radical (unpaired) electrons. The first-order valence-electron chi connectivity index (χ1n) is 9.18. The zero-order valence-electron chi connectivity index (χ0n) is 15.9. The summed E-state index contributed by atoms with van der Waals surface area (Å²) in [5, 5.41) is 6.11. The molecule has 1 aliphatic rings. The minimum absolute atomic E-state index is 0.176. The van der Waals surface area contributed by atoms with Crippen LogP contribution in [0, 0.1) is 0 Å². The quantitative estimate of drug-likeness (QED) is 0.729. The lowest BCUT2D eigenvalue weighted by atomic mass is 10.2. The van der Waals surface area contributed by atoms with Crippen molar-refractivity contribution in [3.05, 3.63) is 48.3 Å². The molecule has 2 N–H and O–H groups in total. The molecule has 1 fully saturated rings. The van der Waals surface area contributed by atoms with Crippen LogP contribution in [0.25, 0.3) is 0 Å². The van der Waals surface area contributed by atoms with Crippen LogP contribution in [-0.2, 0) is 4.74 Å². The highest BCUT2D eigenvalue weighted by Crippen LogP contribution is 2.20. The first kappa shape index (κ1) is 19.1. The van der Waals surface area contributed by atoms with Crippen molar-refractivity contribution in [1.82, 2.24) is 9.88 Å². The number of likely N-dealkylation sites (N-methyl/N-ethyl adjacent to an activating group) is 1. The summed E-state index contributed by atoms with van der Waals surface area (Å²) in [4.78, 5) is 21.3. The Labute approximate surface area is 160 Å². The fraction of sp³-hybridized carbons (Fsp3) is 0.400. The molecule has 0 unspecified atom stereocenters. The van der Waals surface area contributed by atoms with Crippen LogP contribution in [0.15, 0.2) is 42.7 Å². The van der Waals surface area contributed by atoms with E-state index < -0.39 is 0 Å². The molecule has 0 atom stereocenters. The predicted molar refractivity (Wildman–Crippen MR) is 109 cm³/mol. The van der Waals surface area contributed by atoms with E-state index >= 15 is 0 Å². The molecule has 1 aliphatic heterocycles. The number of aromatic nitrogens is 1. The molecule has 27 heavy (non-hydrogen) atoms. The summed E-state index contributed by atoms with van der Waals surface area (Å²) in [6.07, 6.45) is 3.26. The molecular formula is C20H27N5O2. The minimum atomic E-state index is -0.176. The Bertz CT molecular complexity index is 742. The average Bonchev–Trinajstić information content (AvgIpc) is 2.70. The zero-order valence-corrected chi connectivity index (χ0v) is 15.9. The van der Waals surface area contributed by atoms with Gasteiger partial charge in [-0.15, -0.1) is 0 Å². The Morgan fingerprint density at radius 2 is 1.85 bits per heavy atom. The van der Waals surface area contributed by atoms with Crippen molar-refractivity contribution >= 4 is 23.0 Å². The van der Waals surface area contributed by atoms with Crippen LogP contribution in [0.3, 0.4) is 0 Å². The van der Waals surface area contributed by atoms with Crippen LogP contribution in [0.5, 0.6) is 0 Å². The summed E-state index contributed by atoms with van der Waals surface area (Å²) in [5.74, 6) is -0.176. The summed E-state index contributed by atoms with van der Waals surface area (Å²) < 4.78 is 5.01. The van der Waals surface area contributed by atoms with Gasteiger partial charge in [0.15, 0.2) is 0 Å². The number of methoxy groups -OCH3 is 1. The van der Waals surface area contributed by atoms with E-state index in [1.165, 1.54) is 5.69 Å².